The largest absolute Gasteiger partial charge is 0.479 e. The number of nitrogens with zero attached hydrogens (tertiary/aromatic N) is 2. The predicted octanol–water partition coefficient (Wildman–Crippen LogP) is 3.23. The first-order chi connectivity index (χ1) is 16.8. The number of carbonyl (C=O) groups is 3. The molecule has 182 valence electrons. The molecule has 9 heteroatoms. The standard InChI is InChI=1S/C26H28N4O5/c1-15(2)22(24(31)28-23(25(32)33)16-12-27-30(3)13-16)29-26(34)35-14-21-19-10-6-4-8-17(19)18-9-5-7-11-20(18)21/h4-13,15,21-23H,14H2,1-3H3,(H,28,31)(H,29,34)(H,32,33)/t22-,23?/m0/s1. The summed E-state index contributed by atoms with van der Waals surface area (Å²) in [7, 11) is 1.65. The maximum absolute atomic E-state index is 12.9. The molecule has 35 heavy (non-hydrogen) atoms. The number of amides is 2. The maximum Gasteiger partial charge on any atom is 0.407 e. The number of hydrogen-bond donors (Lipinski definition) is 3. The molecule has 1 unspecified atom stereocenters. The Morgan fingerprint density at radius 2 is 1.63 bits per heavy atom. The molecule has 3 N–H and O–H groups in total. The lowest BCUT2D eigenvalue weighted by molar-refractivity contribution is -0.142. The first-order valence-electron chi connectivity index (χ1n) is 11.4. The average Bonchev–Trinajstić information content (AvgIpc) is 3.40. The van der Waals surface area contributed by atoms with Gasteiger partial charge in [0.15, 0.2) is 6.04 Å². The fourth-order valence-electron chi connectivity index (χ4n) is 4.41. The number of alkyl carbamates (subject to hydrolysis) is 1. The van der Waals surface area contributed by atoms with Crippen LogP contribution in [-0.4, -0.2) is 45.5 Å². The molecule has 1 heterocycles. The van der Waals surface area contributed by atoms with Gasteiger partial charge in [-0.1, -0.05) is 62.4 Å². The van der Waals surface area contributed by atoms with Crippen LogP contribution in [-0.2, 0) is 21.4 Å². The van der Waals surface area contributed by atoms with Crippen LogP contribution in [0.4, 0.5) is 4.79 Å². The number of aliphatic carboxylic acids is 1. The number of benzene rings is 2. The molecule has 1 aliphatic rings. The minimum Gasteiger partial charge on any atom is -0.479 e. The fourth-order valence-corrected chi connectivity index (χ4v) is 4.41. The van der Waals surface area contributed by atoms with E-state index in [-0.39, 0.29) is 18.4 Å². The molecule has 9 nitrogen and oxygen atoms in total. The summed E-state index contributed by atoms with van der Waals surface area (Å²) in [5, 5.41) is 18.6. The van der Waals surface area contributed by atoms with Gasteiger partial charge in [-0.3, -0.25) is 9.48 Å². The Balaban J connectivity index is 1.42. The topological polar surface area (TPSA) is 123 Å². The molecule has 0 saturated heterocycles. The van der Waals surface area contributed by atoms with Crippen LogP contribution in [0.5, 0.6) is 0 Å². The van der Waals surface area contributed by atoms with Gasteiger partial charge in [0.1, 0.15) is 12.6 Å². The zero-order chi connectivity index (χ0) is 25.1. The highest BCUT2D eigenvalue weighted by atomic mass is 16.5. The van der Waals surface area contributed by atoms with Crippen molar-refractivity contribution in [2.24, 2.45) is 13.0 Å². The first kappa shape index (κ1) is 24.0. The molecule has 2 amide bonds. The molecule has 0 bridgehead atoms. The third-order valence-electron chi connectivity index (χ3n) is 6.16. The minimum atomic E-state index is -1.29. The van der Waals surface area contributed by atoms with Crippen LogP contribution in [0.1, 0.15) is 42.5 Å². The van der Waals surface area contributed by atoms with E-state index >= 15 is 0 Å². The number of fused-ring (bicyclic) bond motifs is 3. The second-order valence-electron chi connectivity index (χ2n) is 8.92. The van der Waals surface area contributed by atoms with Gasteiger partial charge in [-0.05, 0) is 28.2 Å². The van der Waals surface area contributed by atoms with Crippen molar-refractivity contribution in [1.82, 2.24) is 20.4 Å². The smallest absolute Gasteiger partial charge is 0.407 e. The summed E-state index contributed by atoms with van der Waals surface area (Å²) >= 11 is 0. The summed E-state index contributed by atoms with van der Waals surface area (Å²) in [5.41, 5.74) is 4.73. The van der Waals surface area contributed by atoms with Crippen LogP contribution in [0, 0.1) is 5.92 Å². The molecule has 1 aromatic heterocycles. The van der Waals surface area contributed by atoms with Crippen molar-refractivity contribution in [2.75, 3.05) is 6.61 Å². The van der Waals surface area contributed by atoms with Crippen LogP contribution in [0.2, 0.25) is 0 Å². The van der Waals surface area contributed by atoms with E-state index in [1.807, 2.05) is 36.4 Å². The van der Waals surface area contributed by atoms with Gasteiger partial charge in [-0.2, -0.15) is 5.10 Å². The summed E-state index contributed by atoms with van der Waals surface area (Å²) in [6.07, 6.45) is 2.15. The minimum absolute atomic E-state index is 0.110. The number of aryl methyl sites for hydroxylation is 1. The van der Waals surface area contributed by atoms with Gasteiger partial charge in [-0.25, -0.2) is 9.59 Å². The molecular formula is C26H28N4O5. The Morgan fingerprint density at radius 3 is 2.14 bits per heavy atom. The third-order valence-corrected chi connectivity index (χ3v) is 6.16. The molecule has 0 radical (unpaired) electrons. The summed E-state index contributed by atoms with van der Waals surface area (Å²) in [6, 6.07) is 13.7. The van der Waals surface area contributed by atoms with E-state index in [2.05, 4.69) is 27.9 Å². The number of nitrogens with one attached hydrogen (secondary N) is 2. The number of carboxylic acids is 1. The monoisotopic (exact) mass is 476 g/mol. The van der Waals surface area contributed by atoms with Crippen LogP contribution < -0.4 is 10.6 Å². The molecule has 1 aliphatic carbocycles. The van der Waals surface area contributed by atoms with Gasteiger partial charge in [0, 0.05) is 24.7 Å². The number of ether oxygens (including phenoxy) is 1. The van der Waals surface area contributed by atoms with E-state index in [0.29, 0.717) is 5.56 Å². The van der Waals surface area contributed by atoms with Gasteiger partial charge < -0.3 is 20.5 Å². The summed E-state index contributed by atoms with van der Waals surface area (Å²) in [6.45, 7) is 3.63. The molecular weight excluding hydrogens is 448 g/mol. The summed E-state index contributed by atoms with van der Waals surface area (Å²) in [4.78, 5) is 37.4. The second-order valence-corrected chi connectivity index (χ2v) is 8.92. The lowest BCUT2D eigenvalue weighted by Crippen LogP contribution is -2.51. The summed E-state index contributed by atoms with van der Waals surface area (Å²) in [5.74, 6) is -2.26. The van der Waals surface area contributed by atoms with Crippen LogP contribution in [0.3, 0.4) is 0 Å². The predicted molar refractivity (Wildman–Crippen MR) is 129 cm³/mol. The van der Waals surface area contributed by atoms with Crippen LogP contribution in [0.25, 0.3) is 11.1 Å². The van der Waals surface area contributed by atoms with Gasteiger partial charge in [-0.15, -0.1) is 0 Å². The SMILES string of the molecule is CC(C)[C@H](NC(=O)OCC1c2ccccc2-c2ccccc21)C(=O)NC(C(=O)O)c1cnn(C)c1. The first-order valence-corrected chi connectivity index (χ1v) is 11.4. The number of hydrogen-bond acceptors (Lipinski definition) is 5. The van der Waals surface area contributed by atoms with E-state index in [0.717, 1.165) is 22.3 Å². The molecule has 2 aromatic carbocycles. The number of aromatic nitrogens is 2. The van der Waals surface area contributed by atoms with Gasteiger partial charge in [0.05, 0.1) is 6.20 Å². The maximum atomic E-state index is 12.9. The van der Waals surface area contributed by atoms with Crippen molar-refractivity contribution in [3.63, 3.8) is 0 Å². The van der Waals surface area contributed by atoms with Crippen LogP contribution in [0.15, 0.2) is 60.9 Å². The van der Waals surface area contributed by atoms with Gasteiger partial charge >= 0.3 is 12.1 Å². The van der Waals surface area contributed by atoms with Crippen molar-refractivity contribution in [3.05, 3.63) is 77.6 Å². The Morgan fingerprint density at radius 1 is 1.03 bits per heavy atom. The molecule has 2 atom stereocenters. The molecule has 0 spiro atoms. The average molecular weight is 477 g/mol. The van der Waals surface area contributed by atoms with E-state index in [1.54, 1.807) is 20.9 Å². The number of carboxylic acid groups (broad SMARTS) is 1. The highest BCUT2D eigenvalue weighted by Crippen LogP contribution is 2.44. The van der Waals surface area contributed by atoms with Crippen LogP contribution >= 0.6 is 0 Å². The second kappa shape index (κ2) is 10.0. The van der Waals surface area contributed by atoms with E-state index in [9.17, 15) is 19.5 Å². The third kappa shape index (κ3) is 5.03. The normalized spacial score (nSPS) is 14.1. The van der Waals surface area contributed by atoms with Gasteiger partial charge in [0.2, 0.25) is 5.91 Å². The van der Waals surface area contributed by atoms with Crippen molar-refractivity contribution >= 4 is 18.0 Å². The molecule has 0 fully saturated rings. The highest BCUT2D eigenvalue weighted by molar-refractivity contribution is 5.90. The quantitative estimate of drug-likeness (QED) is 0.459. The lowest BCUT2D eigenvalue weighted by atomic mass is 9.98. The Hall–Kier alpha value is -4.14. The van der Waals surface area contributed by atoms with Crippen molar-refractivity contribution < 1.29 is 24.2 Å². The molecule has 3 aromatic rings. The van der Waals surface area contributed by atoms with E-state index < -0.39 is 30.1 Å². The Kier molecular flexibility index (Phi) is 6.86. The fraction of sp³-hybridized carbons (Fsp3) is 0.308. The zero-order valence-electron chi connectivity index (χ0n) is 19.8. The summed E-state index contributed by atoms with van der Waals surface area (Å²) < 4.78 is 7.00. The Labute approximate surface area is 203 Å². The van der Waals surface area contributed by atoms with E-state index in [1.165, 1.54) is 17.1 Å². The van der Waals surface area contributed by atoms with Crippen molar-refractivity contribution in [2.45, 2.75) is 31.8 Å². The zero-order valence-corrected chi connectivity index (χ0v) is 19.8. The highest BCUT2D eigenvalue weighted by Gasteiger charge is 2.32. The lowest BCUT2D eigenvalue weighted by Gasteiger charge is -2.24. The molecule has 0 saturated carbocycles. The molecule has 4 rings (SSSR count). The van der Waals surface area contributed by atoms with Gasteiger partial charge in [0.25, 0.3) is 0 Å². The molecule has 0 aliphatic heterocycles. The van der Waals surface area contributed by atoms with Crippen molar-refractivity contribution in [1.29, 1.82) is 0 Å². The number of rotatable bonds is 8. The van der Waals surface area contributed by atoms with Crippen molar-refractivity contribution in [3.8, 4) is 11.1 Å². The van der Waals surface area contributed by atoms with E-state index in [4.69, 9.17) is 4.74 Å². The number of carbonyl (C=O) groups excluding carboxylic acids is 2. The Bertz CT molecular complexity index is 1210.